The van der Waals surface area contributed by atoms with Crippen LogP contribution in [0.15, 0.2) is 47.8 Å². The van der Waals surface area contributed by atoms with Gasteiger partial charge in [-0.25, -0.2) is 9.78 Å². The van der Waals surface area contributed by atoms with Gasteiger partial charge in [0.2, 0.25) is 0 Å². The Kier molecular flexibility index (Phi) is 7.19. The fourth-order valence-corrected chi connectivity index (χ4v) is 3.72. The van der Waals surface area contributed by atoms with E-state index in [0.717, 1.165) is 11.1 Å². The summed E-state index contributed by atoms with van der Waals surface area (Å²) in [5, 5.41) is 37.5. The van der Waals surface area contributed by atoms with E-state index in [2.05, 4.69) is 26.9 Å². The lowest BCUT2D eigenvalue weighted by Crippen LogP contribution is -2.34. The van der Waals surface area contributed by atoms with Crippen LogP contribution in [0, 0.1) is 29.1 Å². The summed E-state index contributed by atoms with van der Waals surface area (Å²) < 4.78 is 0. The van der Waals surface area contributed by atoms with Gasteiger partial charge in [-0.05, 0) is 28.7 Å². The number of urea groups is 1. The zero-order chi connectivity index (χ0) is 23.1. The highest BCUT2D eigenvalue weighted by Crippen LogP contribution is 2.30. The highest BCUT2D eigenvalue weighted by atomic mass is 32.1. The molecule has 5 N–H and O–H groups in total. The Labute approximate surface area is 189 Å². The fourth-order valence-electron chi connectivity index (χ4n) is 3.16. The number of thiazole rings is 1. The molecule has 0 aliphatic heterocycles. The first-order valence-corrected chi connectivity index (χ1v) is 10.4. The van der Waals surface area contributed by atoms with Gasteiger partial charge in [0.1, 0.15) is 17.6 Å². The Morgan fingerprint density at radius 2 is 2.06 bits per heavy atom. The van der Waals surface area contributed by atoms with Crippen LogP contribution in [-0.2, 0) is 0 Å². The summed E-state index contributed by atoms with van der Waals surface area (Å²) in [4.78, 5) is 16.3. The standard InChI is InChI=1S/C23H20N6O2S/c1-3-21-28-20(13-32-21)29-23(31)27-19(12-30)15-9-7-14(8-10-15)16-5-4-6-18(26-2)22(16)17(25)11-24/h1,4-10,13,19,25-26,30H,12H2,2H3,(H2,27,29,31). The SMILES string of the molecule is C#Cc1nc(NC(=O)NC(CO)c2ccc(-c3cccc(NC)c3C(=N)C#N)cc2)cs1. The highest BCUT2D eigenvalue weighted by molar-refractivity contribution is 7.10. The summed E-state index contributed by atoms with van der Waals surface area (Å²) in [5.41, 5.74) is 3.27. The van der Waals surface area contributed by atoms with Crippen molar-refractivity contribution in [3.8, 4) is 29.5 Å². The van der Waals surface area contributed by atoms with Gasteiger partial charge < -0.3 is 15.7 Å². The van der Waals surface area contributed by atoms with Crippen molar-refractivity contribution >= 4 is 34.6 Å². The van der Waals surface area contributed by atoms with Crippen LogP contribution in [-0.4, -0.2) is 35.5 Å². The first-order valence-electron chi connectivity index (χ1n) is 9.51. The number of carbonyl (C=O) groups excluding carboxylic acids is 1. The van der Waals surface area contributed by atoms with Gasteiger partial charge in [0, 0.05) is 23.7 Å². The van der Waals surface area contributed by atoms with Crippen LogP contribution in [0.5, 0.6) is 0 Å². The fraction of sp³-hybridized carbons (Fsp3) is 0.130. The first kappa shape index (κ1) is 22.5. The lowest BCUT2D eigenvalue weighted by atomic mass is 9.94. The number of carbonyl (C=O) groups is 1. The average Bonchev–Trinajstić information content (AvgIpc) is 3.29. The average molecular weight is 445 g/mol. The van der Waals surface area contributed by atoms with Crippen LogP contribution in [0.4, 0.5) is 16.3 Å². The topological polar surface area (TPSA) is 134 Å². The maximum absolute atomic E-state index is 12.3. The summed E-state index contributed by atoms with van der Waals surface area (Å²) >= 11 is 1.24. The van der Waals surface area contributed by atoms with Crippen molar-refractivity contribution in [2.45, 2.75) is 6.04 Å². The second-order valence-electron chi connectivity index (χ2n) is 6.60. The summed E-state index contributed by atoms with van der Waals surface area (Å²) in [6.07, 6.45) is 5.28. The third-order valence-corrected chi connectivity index (χ3v) is 5.45. The van der Waals surface area contributed by atoms with Crippen molar-refractivity contribution < 1.29 is 9.90 Å². The van der Waals surface area contributed by atoms with E-state index in [1.165, 1.54) is 11.3 Å². The third-order valence-electron chi connectivity index (χ3n) is 4.68. The smallest absolute Gasteiger partial charge is 0.320 e. The number of aliphatic hydroxyl groups is 1. The molecule has 9 heteroatoms. The number of anilines is 2. The molecule has 2 amide bonds. The molecular weight excluding hydrogens is 424 g/mol. The Morgan fingerprint density at radius 1 is 1.31 bits per heavy atom. The molecule has 32 heavy (non-hydrogen) atoms. The second kappa shape index (κ2) is 10.2. The quantitative estimate of drug-likeness (QED) is 0.280. The van der Waals surface area contributed by atoms with Gasteiger partial charge in [-0.3, -0.25) is 10.7 Å². The number of nitrogens with one attached hydrogen (secondary N) is 4. The molecule has 3 aromatic rings. The van der Waals surface area contributed by atoms with E-state index in [9.17, 15) is 15.2 Å². The third kappa shape index (κ3) is 4.93. The largest absolute Gasteiger partial charge is 0.394 e. The van der Waals surface area contributed by atoms with E-state index < -0.39 is 12.1 Å². The molecule has 1 heterocycles. The predicted molar refractivity (Wildman–Crippen MR) is 126 cm³/mol. The normalized spacial score (nSPS) is 11.0. The van der Waals surface area contributed by atoms with Crippen molar-refractivity contribution in [2.75, 3.05) is 24.3 Å². The molecule has 0 radical (unpaired) electrons. The predicted octanol–water partition coefficient (Wildman–Crippen LogP) is 3.58. The highest BCUT2D eigenvalue weighted by Gasteiger charge is 2.17. The molecule has 1 aromatic heterocycles. The monoisotopic (exact) mass is 444 g/mol. The van der Waals surface area contributed by atoms with Crippen LogP contribution >= 0.6 is 11.3 Å². The molecule has 0 bridgehead atoms. The number of hydrogen-bond acceptors (Lipinski definition) is 7. The molecule has 0 aliphatic rings. The number of benzene rings is 2. The number of amides is 2. The lowest BCUT2D eigenvalue weighted by Gasteiger charge is -2.18. The number of aromatic nitrogens is 1. The van der Waals surface area contributed by atoms with E-state index >= 15 is 0 Å². The summed E-state index contributed by atoms with van der Waals surface area (Å²) in [6, 6.07) is 13.4. The van der Waals surface area contributed by atoms with Gasteiger partial charge in [-0.2, -0.15) is 5.26 Å². The van der Waals surface area contributed by atoms with Gasteiger partial charge in [0.25, 0.3) is 0 Å². The lowest BCUT2D eigenvalue weighted by molar-refractivity contribution is 0.225. The zero-order valence-electron chi connectivity index (χ0n) is 17.1. The van der Waals surface area contributed by atoms with E-state index in [4.69, 9.17) is 11.8 Å². The molecule has 0 fully saturated rings. The van der Waals surface area contributed by atoms with Crippen molar-refractivity contribution in [3.63, 3.8) is 0 Å². The van der Waals surface area contributed by atoms with Crippen molar-refractivity contribution in [1.29, 1.82) is 10.7 Å². The summed E-state index contributed by atoms with van der Waals surface area (Å²) in [6.45, 7) is -0.307. The maximum atomic E-state index is 12.3. The molecule has 3 rings (SSSR count). The molecule has 1 atom stereocenters. The number of aliphatic hydroxyl groups excluding tert-OH is 1. The van der Waals surface area contributed by atoms with Crippen LogP contribution in [0.3, 0.4) is 0 Å². The Morgan fingerprint density at radius 3 is 2.66 bits per heavy atom. The van der Waals surface area contributed by atoms with Gasteiger partial charge in [0.05, 0.1) is 12.6 Å². The van der Waals surface area contributed by atoms with Gasteiger partial charge >= 0.3 is 6.03 Å². The summed E-state index contributed by atoms with van der Waals surface area (Å²) in [5.74, 6) is 2.74. The minimum Gasteiger partial charge on any atom is -0.394 e. The molecule has 0 saturated heterocycles. The van der Waals surface area contributed by atoms with Crippen LogP contribution in [0.1, 0.15) is 22.2 Å². The molecule has 0 spiro atoms. The van der Waals surface area contributed by atoms with E-state index in [1.54, 1.807) is 30.6 Å². The van der Waals surface area contributed by atoms with Crippen LogP contribution in [0.25, 0.3) is 11.1 Å². The van der Waals surface area contributed by atoms with E-state index in [1.807, 2.05) is 30.3 Å². The zero-order valence-corrected chi connectivity index (χ0v) is 18.0. The van der Waals surface area contributed by atoms with Gasteiger partial charge in [0.15, 0.2) is 5.01 Å². The number of terminal acetylenes is 1. The molecule has 0 aliphatic carbocycles. The first-order chi connectivity index (χ1) is 15.5. The van der Waals surface area contributed by atoms with E-state index in [-0.39, 0.29) is 12.3 Å². The van der Waals surface area contributed by atoms with Crippen molar-refractivity contribution in [1.82, 2.24) is 10.3 Å². The van der Waals surface area contributed by atoms with Crippen LogP contribution in [0.2, 0.25) is 0 Å². The number of hydrogen-bond donors (Lipinski definition) is 5. The van der Waals surface area contributed by atoms with Gasteiger partial charge in [-0.15, -0.1) is 17.8 Å². The van der Waals surface area contributed by atoms with Gasteiger partial charge in [-0.1, -0.05) is 36.4 Å². The van der Waals surface area contributed by atoms with Crippen molar-refractivity contribution in [2.24, 2.45) is 0 Å². The summed E-state index contributed by atoms with van der Waals surface area (Å²) in [7, 11) is 1.73. The molecule has 0 saturated carbocycles. The number of nitrogens with zero attached hydrogens (tertiary/aromatic N) is 2. The Hall–Kier alpha value is -4.18. The van der Waals surface area contributed by atoms with Crippen molar-refractivity contribution in [3.05, 3.63) is 64.0 Å². The van der Waals surface area contributed by atoms with Crippen LogP contribution < -0.4 is 16.0 Å². The Balaban J connectivity index is 1.80. The minimum atomic E-state index is -0.643. The minimum absolute atomic E-state index is 0.143. The molecular formula is C23H20N6O2S. The Bertz CT molecular complexity index is 1220. The molecule has 1 unspecified atom stereocenters. The molecule has 2 aromatic carbocycles. The van der Waals surface area contributed by atoms with E-state index in [0.29, 0.717) is 27.6 Å². The number of nitriles is 1. The maximum Gasteiger partial charge on any atom is 0.320 e. The molecule has 160 valence electrons. The second-order valence-corrected chi connectivity index (χ2v) is 7.46. The molecule has 8 nitrogen and oxygen atoms in total. The number of rotatable bonds is 7.